The minimum Gasteiger partial charge on any atom is -0.475 e. The highest BCUT2D eigenvalue weighted by Gasteiger charge is 2.43. The molecule has 0 amide bonds. The average molecular weight is 603 g/mol. The third kappa shape index (κ3) is 19.8. The maximum Gasteiger partial charge on any atom is 0.490 e. The summed E-state index contributed by atoms with van der Waals surface area (Å²) in [4.78, 5) is 8.90. The van der Waals surface area contributed by atoms with Crippen molar-refractivity contribution in [2.45, 2.75) is 153 Å². The van der Waals surface area contributed by atoms with E-state index in [-0.39, 0.29) is 6.61 Å². The number of quaternary nitrogens is 1. The predicted octanol–water partition coefficient (Wildman–Crippen LogP) is 5.19. The predicted molar refractivity (Wildman–Crippen MR) is 153 cm³/mol. The molecular formula is C30H59F3NO7+. The lowest BCUT2D eigenvalue weighted by molar-refractivity contribution is -0.890. The summed E-state index contributed by atoms with van der Waals surface area (Å²) < 4.78 is 38.3. The van der Waals surface area contributed by atoms with E-state index in [1.165, 1.54) is 96.4 Å². The number of unbranched alkanes of at least 4 members (excludes halogenated alkanes) is 14. The van der Waals surface area contributed by atoms with Crippen molar-refractivity contribution in [3.05, 3.63) is 0 Å². The average Bonchev–Trinajstić information content (AvgIpc) is 2.91. The summed E-state index contributed by atoms with van der Waals surface area (Å²) in [6.07, 6.45) is 11.9. The lowest BCUT2D eigenvalue weighted by Gasteiger charge is -2.40. The lowest BCUT2D eigenvalue weighted by Crippen LogP contribution is -2.58. The van der Waals surface area contributed by atoms with Crippen LogP contribution in [0.5, 0.6) is 0 Å². The van der Waals surface area contributed by atoms with Gasteiger partial charge in [-0.15, -0.1) is 0 Å². The van der Waals surface area contributed by atoms with Crippen LogP contribution in [0, 0.1) is 0 Å². The van der Waals surface area contributed by atoms with E-state index < -0.39 is 42.7 Å². The Labute approximate surface area is 245 Å². The van der Waals surface area contributed by atoms with E-state index in [1.807, 2.05) is 0 Å². The number of aliphatic hydroxyl groups excluding tert-OH is 4. The molecular weight excluding hydrogens is 543 g/mol. The van der Waals surface area contributed by atoms with Crippen LogP contribution in [0.25, 0.3) is 0 Å². The first-order valence-electron chi connectivity index (χ1n) is 15.7. The lowest BCUT2D eigenvalue weighted by atomic mass is 9.92. The topological polar surface area (TPSA) is 127 Å². The molecule has 0 radical (unpaired) electrons. The van der Waals surface area contributed by atoms with Crippen molar-refractivity contribution < 1.29 is 52.7 Å². The molecule has 0 aromatic heterocycles. The van der Waals surface area contributed by atoms with Crippen LogP contribution in [-0.2, 0) is 9.53 Å². The van der Waals surface area contributed by atoms with E-state index in [1.54, 1.807) is 0 Å². The Bertz CT molecular complexity index is 650. The number of rotatable bonds is 21. The maximum atomic E-state index is 10.6. The first-order chi connectivity index (χ1) is 19.3. The summed E-state index contributed by atoms with van der Waals surface area (Å²) in [5.41, 5.74) is 0. The van der Waals surface area contributed by atoms with Gasteiger partial charge in [-0.2, -0.15) is 13.2 Å². The fraction of sp³-hybridized carbons (Fsp3) is 0.967. The van der Waals surface area contributed by atoms with E-state index in [2.05, 4.69) is 21.0 Å². The second-order valence-corrected chi connectivity index (χ2v) is 12.1. The van der Waals surface area contributed by atoms with Gasteiger partial charge >= 0.3 is 12.1 Å². The molecule has 0 bridgehead atoms. The fourth-order valence-electron chi connectivity index (χ4n) is 5.15. The Kier molecular flexibility index (Phi) is 22.0. The van der Waals surface area contributed by atoms with Crippen LogP contribution in [0.15, 0.2) is 0 Å². The number of carbonyl (C=O) groups is 1. The molecule has 0 spiro atoms. The maximum absolute atomic E-state index is 10.6. The van der Waals surface area contributed by atoms with E-state index >= 15 is 0 Å². The van der Waals surface area contributed by atoms with Crippen LogP contribution in [0.1, 0.15) is 116 Å². The van der Waals surface area contributed by atoms with Gasteiger partial charge in [0, 0.05) is 0 Å². The number of aliphatic hydroxyl groups is 4. The summed E-state index contributed by atoms with van der Waals surface area (Å²) in [6, 6.07) is 0. The molecule has 0 saturated carbocycles. The smallest absolute Gasteiger partial charge is 0.475 e. The number of hydrogen-bond acceptors (Lipinski definition) is 6. The number of halogens is 3. The summed E-state index contributed by atoms with van der Waals surface area (Å²) >= 11 is 0. The van der Waals surface area contributed by atoms with Crippen LogP contribution >= 0.6 is 0 Å². The Morgan fingerprint density at radius 2 is 1.05 bits per heavy atom. The number of alkyl halides is 3. The van der Waals surface area contributed by atoms with E-state index in [0.29, 0.717) is 6.42 Å². The zero-order valence-corrected chi connectivity index (χ0v) is 25.7. The summed E-state index contributed by atoms with van der Waals surface area (Å²) in [5, 5.41) is 46.4. The van der Waals surface area contributed by atoms with Crippen LogP contribution in [0.3, 0.4) is 0 Å². The summed E-state index contributed by atoms with van der Waals surface area (Å²) in [7, 11) is 4.58. The number of ether oxygens (including phenoxy) is 1. The molecule has 0 unspecified atom stereocenters. The quantitative estimate of drug-likeness (QED) is 0.0904. The van der Waals surface area contributed by atoms with Gasteiger partial charge in [0.25, 0.3) is 0 Å². The van der Waals surface area contributed by atoms with Gasteiger partial charge in [-0.1, -0.05) is 84.0 Å². The van der Waals surface area contributed by atoms with Gasteiger partial charge in [-0.3, -0.25) is 0 Å². The fourth-order valence-corrected chi connectivity index (χ4v) is 5.15. The van der Waals surface area contributed by atoms with E-state index in [0.717, 1.165) is 23.9 Å². The zero-order chi connectivity index (χ0) is 31.3. The molecule has 246 valence electrons. The number of hydrogen-bond donors (Lipinski definition) is 5. The summed E-state index contributed by atoms with van der Waals surface area (Å²) in [6.45, 7) is 4.19. The molecule has 1 aliphatic rings. The van der Waals surface area contributed by atoms with Gasteiger partial charge in [0.05, 0.1) is 39.9 Å². The van der Waals surface area contributed by atoms with Crippen molar-refractivity contribution in [1.29, 1.82) is 0 Å². The van der Waals surface area contributed by atoms with E-state index in [9.17, 15) is 33.6 Å². The van der Waals surface area contributed by atoms with E-state index in [4.69, 9.17) is 14.6 Å². The zero-order valence-electron chi connectivity index (χ0n) is 25.7. The molecule has 1 rings (SSSR count). The number of carboxylic acids is 1. The minimum atomic E-state index is -5.08. The molecule has 8 nitrogen and oxygen atoms in total. The van der Waals surface area contributed by atoms with Crippen molar-refractivity contribution in [1.82, 2.24) is 0 Å². The third-order valence-electron chi connectivity index (χ3n) is 7.85. The second-order valence-electron chi connectivity index (χ2n) is 12.1. The van der Waals surface area contributed by atoms with Crippen LogP contribution in [-0.4, -0.2) is 106 Å². The standard InChI is InChI=1S/C28H58NO5.C2HF3O2/c1-4-5-6-7-8-9-10-11-12-13-14-15-16-18-21-29(2,3)22-19-17-20-24-26(31)28(33)27(32)25(23-30)34-24;3-2(4,5)1(6)7/h24-28,30-33H,4-23H2,1-3H3;(H,6,7)/q+1;/t24-,25+,26-,27+,28+;/m0./s1. The van der Waals surface area contributed by atoms with Crippen LogP contribution in [0.2, 0.25) is 0 Å². The van der Waals surface area contributed by atoms with Crippen LogP contribution in [0.4, 0.5) is 13.2 Å². The molecule has 0 aromatic rings. The largest absolute Gasteiger partial charge is 0.490 e. The van der Waals surface area contributed by atoms with Crippen molar-refractivity contribution in [3.8, 4) is 0 Å². The summed E-state index contributed by atoms with van der Waals surface area (Å²) in [5.74, 6) is -2.76. The SMILES string of the molecule is CCCCCCCCCCCCCCCC[N+](C)(C)CCCC[C@@H]1O[C@H](CO)[C@@H](O)[C@H](O)[C@H]1O.O=C(O)C(F)(F)F. The minimum absolute atomic E-state index is 0.357. The Morgan fingerprint density at radius 3 is 1.44 bits per heavy atom. The first kappa shape index (κ1) is 40.0. The highest BCUT2D eigenvalue weighted by Crippen LogP contribution is 2.24. The van der Waals surface area contributed by atoms with Gasteiger partial charge in [0.15, 0.2) is 0 Å². The van der Waals surface area contributed by atoms with Gasteiger partial charge < -0.3 is 34.8 Å². The molecule has 1 saturated heterocycles. The third-order valence-corrected chi connectivity index (χ3v) is 7.85. The van der Waals surface area contributed by atoms with Gasteiger partial charge in [-0.05, 0) is 32.1 Å². The second kappa shape index (κ2) is 22.5. The molecule has 41 heavy (non-hydrogen) atoms. The van der Waals surface area contributed by atoms with Crippen molar-refractivity contribution in [2.24, 2.45) is 0 Å². The Hall–Kier alpha value is -0.980. The molecule has 1 aliphatic heterocycles. The molecule has 5 atom stereocenters. The highest BCUT2D eigenvalue weighted by molar-refractivity contribution is 5.73. The Balaban J connectivity index is 0.00000201. The normalized spacial score (nSPS) is 23.2. The molecule has 1 heterocycles. The van der Waals surface area contributed by atoms with Crippen molar-refractivity contribution in [3.63, 3.8) is 0 Å². The highest BCUT2D eigenvalue weighted by atomic mass is 19.4. The van der Waals surface area contributed by atoms with Gasteiger partial charge in [0.1, 0.15) is 24.4 Å². The molecule has 0 aliphatic carbocycles. The van der Waals surface area contributed by atoms with Gasteiger partial charge in [0.2, 0.25) is 0 Å². The first-order valence-corrected chi connectivity index (χ1v) is 15.7. The number of carboxylic acid groups (broad SMARTS) is 1. The molecule has 11 heteroatoms. The van der Waals surface area contributed by atoms with Crippen LogP contribution < -0.4 is 0 Å². The monoisotopic (exact) mass is 602 g/mol. The molecule has 1 fully saturated rings. The number of aliphatic carboxylic acids is 1. The molecule has 0 aromatic carbocycles. The number of nitrogens with zero attached hydrogens (tertiary/aromatic N) is 1. The Morgan fingerprint density at radius 1 is 0.683 bits per heavy atom. The van der Waals surface area contributed by atoms with Gasteiger partial charge in [-0.25, -0.2) is 4.79 Å². The van der Waals surface area contributed by atoms with Crippen molar-refractivity contribution >= 4 is 5.97 Å². The van der Waals surface area contributed by atoms with Crippen molar-refractivity contribution in [2.75, 3.05) is 33.8 Å². The molecule has 5 N–H and O–H groups in total.